The number of halogens is 1. The number of carbonyl (C=O) groups is 5. The number of allylic oxidation sites excluding steroid dienone is 4. The number of hydrogen-bond donors (Lipinski definition) is 1. The summed E-state index contributed by atoms with van der Waals surface area (Å²) in [6.07, 6.45) is 10.2. The topological polar surface area (TPSA) is 150 Å². The van der Waals surface area contributed by atoms with Gasteiger partial charge in [0, 0.05) is 88.4 Å². The van der Waals surface area contributed by atoms with Gasteiger partial charge in [-0.25, -0.2) is 9.49 Å². The lowest BCUT2D eigenvalue weighted by molar-refractivity contribution is -0.182. The van der Waals surface area contributed by atoms with Crippen LogP contribution in [-0.4, -0.2) is 94.7 Å². The molecule has 3 aromatic carbocycles. The third-order valence-corrected chi connectivity index (χ3v) is 16.2. The summed E-state index contributed by atoms with van der Waals surface area (Å²) in [6.45, 7) is 7.39. The van der Waals surface area contributed by atoms with E-state index in [-0.39, 0.29) is 46.4 Å². The summed E-state index contributed by atoms with van der Waals surface area (Å²) >= 11 is 0. The molecule has 1 aliphatic heterocycles. The van der Waals surface area contributed by atoms with Gasteiger partial charge in [-0.3, -0.25) is 28.8 Å². The molecule has 9 rings (SSSR count). The first kappa shape index (κ1) is 46.9. The van der Waals surface area contributed by atoms with E-state index in [1.165, 1.54) is 35.3 Å². The van der Waals surface area contributed by atoms with Gasteiger partial charge in [-0.1, -0.05) is 55.3 Å². The van der Waals surface area contributed by atoms with Crippen molar-refractivity contribution in [3.05, 3.63) is 128 Å². The molecule has 356 valence electrons. The van der Waals surface area contributed by atoms with E-state index in [2.05, 4.69) is 53.3 Å². The number of unbranched alkanes of at least 4 members (excludes halogenated alkanes) is 2. The van der Waals surface area contributed by atoms with Crippen LogP contribution in [0.3, 0.4) is 0 Å². The van der Waals surface area contributed by atoms with Crippen LogP contribution in [0.15, 0.2) is 94.3 Å². The second-order valence-electron chi connectivity index (χ2n) is 20.0. The van der Waals surface area contributed by atoms with Gasteiger partial charge in [0.15, 0.2) is 17.2 Å². The number of ketones is 2. The summed E-state index contributed by atoms with van der Waals surface area (Å²) in [5.41, 5.74) is 5.52. The Morgan fingerprint density at radius 3 is 2.35 bits per heavy atom. The molecular formula is C55H62FN5O7. The Kier molecular flexibility index (Phi) is 13.1. The molecule has 1 N–H and O–H groups in total. The third-order valence-electron chi connectivity index (χ3n) is 16.2. The third kappa shape index (κ3) is 8.73. The van der Waals surface area contributed by atoms with E-state index < -0.39 is 28.7 Å². The number of nitrogens with one attached hydrogen (secondary N) is 1. The largest absolute Gasteiger partial charge is 0.451 e. The van der Waals surface area contributed by atoms with E-state index in [0.717, 1.165) is 57.2 Å². The van der Waals surface area contributed by atoms with E-state index in [1.807, 2.05) is 18.2 Å². The average Bonchev–Trinajstić information content (AvgIpc) is 3.63. The lowest BCUT2D eigenvalue weighted by Gasteiger charge is -2.55. The van der Waals surface area contributed by atoms with Crippen LogP contribution >= 0.6 is 0 Å². The molecule has 3 fully saturated rings. The number of Topliss-reactive ketones (excluding diaryl/α,β-unsaturated/α-hetero) is 1. The lowest BCUT2D eigenvalue weighted by atomic mass is 9.50. The van der Waals surface area contributed by atoms with E-state index in [9.17, 15) is 28.8 Å². The second kappa shape index (κ2) is 19.0. The Labute approximate surface area is 397 Å². The number of esters is 1. The number of nitrogens with zero attached hydrogens (tertiary/aromatic N) is 4. The first-order chi connectivity index (χ1) is 32.7. The molecule has 5 unspecified atom stereocenters. The van der Waals surface area contributed by atoms with Crippen LogP contribution in [0.25, 0.3) is 10.8 Å². The fourth-order valence-corrected chi connectivity index (χ4v) is 12.7. The number of anilines is 1. The molecule has 5 atom stereocenters. The fraction of sp³-hybridized carbons (Fsp3) is 0.473. The van der Waals surface area contributed by atoms with Crippen molar-refractivity contribution >= 4 is 45.8 Å². The van der Waals surface area contributed by atoms with Gasteiger partial charge in [0.25, 0.3) is 11.5 Å². The second-order valence-corrected chi connectivity index (χ2v) is 20.0. The van der Waals surface area contributed by atoms with Crippen LogP contribution in [0.5, 0.6) is 0 Å². The predicted octanol–water partition coefficient (Wildman–Crippen LogP) is 8.42. The summed E-state index contributed by atoms with van der Waals surface area (Å²) < 4.78 is 21.2. The highest BCUT2D eigenvalue weighted by molar-refractivity contribution is 5.95. The van der Waals surface area contributed by atoms with Crippen molar-refractivity contribution in [2.75, 3.05) is 44.7 Å². The van der Waals surface area contributed by atoms with E-state index >= 15 is 4.39 Å². The number of carbonyl (C=O) groups excluding carboxylic acids is 5. The fourth-order valence-electron chi connectivity index (χ4n) is 12.7. The Hall–Kier alpha value is -6.24. The minimum atomic E-state index is -1.15. The van der Waals surface area contributed by atoms with Gasteiger partial charge < -0.3 is 19.4 Å². The molecule has 2 amide bonds. The monoisotopic (exact) mass is 923 g/mol. The Balaban J connectivity index is 0.775. The molecule has 4 aliphatic carbocycles. The molecule has 1 saturated heterocycles. The van der Waals surface area contributed by atoms with Crippen LogP contribution in [0, 0.1) is 23.1 Å². The van der Waals surface area contributed by atoms with Crippen LogP contribution in [-0.2, 0) is 30.3 Å². The maximum atomic E-state index is 15.1. The first-order valence-electron chi connectivity index (χ1n) is 24.5. The highest BCUT2D eigenvalue weighted by Crippen LogP contribution is 2.68. The highest BCUT2D eigenvalue weighted by Gasteiger charge is 2.67. The summed E-state index contributed by atoms with van der Waals surface area (Å²) in [5.74, 6) is -0.780. The average molecular weight is 924 g/mol. The molecule has 2 saturated carbocycles. The molecule has 5 aliphatic rings. The number of hydrogen-bond acceptors (Lipinski definition) is 9. The van der Waals surface area contributed by atoms with Crippen LogP contribution in [0.1, 0.15) is 124 Å². The summed E-state index contributed by atoms with van der Waals surface area (Å²) in [6, 6.07) is 20.4. The van der Waals surface area contributed by atoms with Gasteiger partial charge in [0.2, 0.25) is 5.91 Å². The SMILES string of the molecule is CC(=O)OC1(C(C)=O)CCC2C3CCC4=CC(=O)CCC4=C3C(c3ccc(N(C)CCCCCC(=O)N4CCN(C(=O)c5cc(Cc6n[nH]c(=O)c7ccccc67)ccc5F)CC4)cc3)CC21C. The number of H-pyrrole nitrogens is 1. The Morgan fingerprint density at radius 1 is 0.882 bits per heavy atom. The quantitative estimate of drug-likeness (QED) is 0.103. The number of rotatable bonds is 13. The summed E-state index contributed by atoms with van der Waals surface area (Å²) in [4.78, 5) is 83.4. The van der Waals surface area contributed by atoms with Gasteiger partial charge in [-0.15, -0.1) is 0 Å². The normalized spacial score (nSPS) is 24.5. The van der Waals surface area contributed by atoms with Crippen molar-refractivity contribution in [3.63, 3.8) is 0 Å². The van der Waals surface area contributed by atoms with Crippen molar-refractivity contribution in [2.45, 2.75) is 109 Å². The number of benzene rings is 3. The molecule has 1 aromatic heterocycles. The Bertz CT molecular complexity index is 2790. The maximum absolute atomic E-state index is 15.1. The molecule has 68 heavy (non-hydrogen) atoms. The number of fused-ring (bicyclic) bond motifs is 5. The lowest BCUT2D eigenvalue weighted by Crippen LogP contribution is -2.57. The minimum absolute atomic E-state index is 0.0253. The number of amides is 2. The van der Waals surface area contributed by atoms with Crippen molar-refractivity contribution in [1.29, 1.82) is 0 Å². The highest BCUT2D eigenvalue weighted by atomic mass is 19.1. The van der Waals surface area contributed by atoms with Gasteiger partial charge in [0.1, 0.15) is 5.82 Å². The van der Waals surface area contributed by atoms with Crippen molar-refractivity contribution < 1.29 is 33.1 Å². The summed E-state index contributed by atoms with van der Waals surface area (Å²) in [7, 11) is 2.08. The zero-order valence-electron chi connectivity index (χ0n) is 39.7. The molecule has 0 bridgehead atoms. The van der Waals surface area contributed by atoms with E-state index in [0.29, 0.717) is 80.3 Å². The van der Waals surface area contributed by atoms with Crippen molar-refractivity contribution in [3.8, 4) is 0 Å². The van der Waals surface area contributed by atoms with Gasteiger partial charge in [-0.05, 0) is 129 Å². The van der Waals surface area contributed by atoms with Crippen LogP contribution in [0.4, 0.5) is 10.1 Å². The molecule has 4 aromatic rings. The number of ether oxygens (including phenoxy) is 1. The van der Waals surface area contributed by atoms with Gasteiger partial charge in [-0.2, -0.15) is 5.10 Å². The molecule has 0 radical (unpaired) electrons. The van der Waals surface area contributed by atoms with Gasteiger partial charge >= 0.3 is 5.97 Å². The van der Waals surface area contributed by atoms with Crippen LogP contribution in [0.2, 0.25) is 0 Å². The van der Waals surface area contributed by atoms with E-state index in [4.69, 9.17) is 4.74 Å². The van der Waals surface area contributed by atoms with Gasteiger partial charge in [0.05, 0.1) is 16.6 Å². The predicted molar refractivity (Wildman–Crippen MR) is 258 cm³/mol. The molecule has 2 heterocycles. The van der Waals surface area contributed by atoms with E-state index in [1.54, 1.807) is 41.0 Å². The first-order valence-corrected chi connectivity index (χ1v) is 24.5. The van der Waals surface area contributed by atoms with Crippen molar-refractivity contribution in [2.24, 2.45) is 17.3 Å². The van der Waals surface area contributed by atoms with Crippen molar-refractivity contribution in [1.82, 2.24) is 20.0 Å². The number of aromatic amines is 1. The standard InChI is InChI=1S/C55H62FN5O7/c1-34(62)55(68-35(2)63)24-23-47-44-20-16-38-32-40(64)19-21-41(38)51(44)46(33-54(47,55)3)37-14-17-39(18-15-37)59(4)25-9-5-6-12-50(65)60-26-28-61(29-27-60)53(67)45-30-36(13-22-48(45)56)31-49-42-10-7-8-11-43(42)52(66)58-57-49/h7-8,10-11,13-15,17-18,22,30,32,44,46-47H,5-6,9,12,16,19-21,23-29,31,33H2,1-4H3,(H,58,66). The van der Waals surface area contributed by atoms with Crippen LogP contribution < -0.4 is 10.5 Å². The zero-order chi connectivity index (χ0) is 47.9. The molecule has 0 spiro atoms. The maximum Gasteiger partial charge on any atom is 0.303 e. The summed E-state index contributed by atoms with van der Waals surface area (Å²) in [5, 5.41) is 7.98. The molecule has 12 nitrogen and oxygen atoms in total. The minimum Gasteiger partial charge on any atom is -0.451 e. The smallest absolute Gasteiger partial charge is 0.303 e. The number of aromatic nitrogens is 2. The number of piperazine rings is 1. The molecule has 13 heteroatoms. The zero-order valence-corrected chi connectivity index (χ0v) is 39.7. The molecular weight excluding hydrogens is 862 g/mol. The Morgan fingerprint density at radius 2 is 1.62 bits per heavy atom.